The maximum atomic E-state index is 11.3. The van der Waals surface area contributed by atoms with Crippen molar-refractivity contribution in [2.75, 3.05) is 39.3 Å². The topological polar surface area (TPSA) is 81.8 Å². The molecule has 2 atom stereocenters. The number of piperazine rings is 1. The van der Waals surface area contributed by atoms with Crippen LogP contribution in [0.2, 0.25) is 0 Å². The van der Waals surface area contributed by atoms with E-state index in [1.165, 1.54) is 0 Å². The normalized spacial score (nSPS) is 28.8. The van der Waals surface area contributed by atoms with Gasteiger partial charge in [-0.15, -0.1) is 0 Å². The Kier molecular flexibility index (Phi) is 3.08. The molecule has 0 aromatic carbocycles. The minimum Gasteiger partial charge on any atom is -0.390 e. The number of nitrogens with zero attached hydrogens (tertiary/aromatic N) is 2. The predicted octanol–water partition coefficient (Wildman–Crippen LogP) is -1.98. The molecule has 6 nitrogen and oxygen atoms in total. The van der Waals surface area contributed by atoms with Gasteiger partial charge in [0, 0.05) is 39.3 Å². The highest BCUT2D eigenvalue weighted by Gasteiger charge is 2.35. The molecular formula is C9H18N4O2. The van der Waals surface area contributed by atoms with Crippen LogP contribution in [0, 0.1) is 0 Å². The fraction of sp³-hybridized carbons (Fsp3) is 0.889. The lowest BCUT2D eigenvalue weighted by Gasteiger charge is -2.37. The van der Waals surface area contributed by atoms with E-state index in [4.69, 9.17) is 5.73 Å². The van der Waals surface area contributed by atoms with E-state index in [0.29, 0.717) is 19.6 Å². The van der Waals surface area contributed by atoms with Crippen LogP contribution in [0.25, 0.3) is 0 Å². The average Bonchev–Trinajstić information content (AvgIpc) is 2.60. The summed E-state index contributed by atoms with van der Waals surface area (Å²) >= 11 is 0. The number of carbonyl (C=O) groups is 1. The van der Waals surface area contributed by atoms with Crippen LogP contribution in [0.1, 0.15) is 0 Å². The van der Waals surface area contributed by atoms with E-state index in [2.05, 4.69) is 10.2 Å². The van der Waals surface area contributed by atoms with Crippen molar-refractivity contribution in [1.82, 2.24) is 15.1 Å². The first-order valence-electron chi connectivity index (χ1n) is 5.35. The average molecular weight is 214 g/mol. The van der Waals surface area contributed by atoms with Gasteiger partial charge in [-0.2, -0.15) is 0 Å². The third kappa shape index (κ3) is 2.22. The van der Waals surface area contributed by atoms with Gasteiger partial charge in [-0.05, 0) is 0 Å². The van der Waals surface area contributed by atoms with Gasteiger partial charge >= 0.3 is 6.03 Å². The molecule has 0 saturated carbocycles. The second-order valence-electron chi connectivity index (χ2n) is 4.18. The lowest BCUT2D eigenvalue weighted by molar-refractivity contribution is 0.0718. The molecule has 2 unspecified atom stereocenters. The summed E-state index contributed by atoms with van der Waals surface area (Å²) in [6.07, 6.45) is -0.457. The molecule has 15 heavy (non-hydrogen) atoms. The highest BCUT2D eigenvalue weighted by Crippen LogP contribution is 2.13. The fourth-order valence-electron chi connectivity index (χ4n) is 2.21. The van der Waals surface area contributed by atoms with Crippen LogP contribution in [0.4, 0.5) is 4.79 Å². The van der Waals surface area contributed by atoms with Crippen molar-refractivity contribution in [3.63, 3.8) is 0 Å². The first kappa shape index (κ1) is 10.7. The molecule has 2 heterocycles. The summed E-state index contributed by atoms with van der Waals surface area (Å²) in [6.45, 7) is 4.01. The minimum absolute atomic E-state index is 0.0408. The molecule has 6 heteroatoms. The van der Waals surface area contributed by atoms with Gasteiger partial charge in [-0.25, -0.2) is 4.79 Å². The Morgan fingerprint density at radius 2 is 2.40 bits per heavy atom. The standard InChI is InChI=1S/C9H18N4O2/c10-3-8(14)6-12-1-2-13-7(5-12)4-11-9(13)15/h7-8,14H,1-6,10H2,(H,11,15). The Labute approximate surface area is 89.0 Å². The first-order chi connectivity index (χ1) is 7.20. The van der Waals surface area contributed by atoms with Crippen molar-refractivity contribution in [3.05, 3.63) is 0 Å². The van der Waals surface area contributed by atoms with E-state index in [0.717, 1.165) is 19.6 Å². The lowest BCUT2D eigenvalue weighted by Crippen LogP contribution is -2.54. The molecule has 4 N–H and O–H groups in total. The van der Waals surface area contributed by atoms with Gasteiger partial charge in [-0.3, -0.25) is 4.90 Å². The van der Waals surface area contributed by atoms with Gasteiger partial charge < -0.3 is 21.1 Å². The van der Waals surface area contributed by atoms with Crippen LogP contribution in [-0.2, 0) is 0 Å². The molecule has 0 spiro atoms. The first-order valence-corrected chi connectivity index (χ1v) is 5.35. The molecule has 0 radical (unpaired) electrons. The third-order valence-corrected chi connectivity index (χ3v) is 3.06. The Morgan fingerprint density at radius 1 is 1.60 bits per heavy atom. The van der Waals surface area contributed by atoms with E-state index in [9.17, 15) is 9.90 Å². The van der Waals surface area contributed by atoms with Crippen LogP contribution in [0.15, 0.2) is 0 Å². The maximum Gasteiger partial charge on any atom is 0.317 e. The van der Waals surface area contributed by atoms with Crippen LogP contribution in [0.3, 0.4) is 0 Å². The molecule has 0 aromatic heterocycles. The van der Waals surface area contributed by atoms with Gasteiger partial charge in [-0.1, -0.05) is 0 Å². The number of rotatable bonds is 3. The molecule has 2 fully saturated rings. The maximum absolute atomic E-state index is 11.3. The number of carbonyl (C=O) groups excluding carboxylic acids is 1. The van der Waals surface area contributed by atoms with Crippen LogP contribution < -0.4 is 11.1 Å². The quantitative estimate of drug-likeness (QED) is 0.508. The Hall–Kier alpha value is -0.850. The fourth-order valence-corrected chi connectivity index (χ4v) is 2.21. The number of hydrogen-bond donors (Lipinski definition) is 3. The predicted molar refractivity (Wildman–Crippen MR) is 55.4 cm³/mol. The van der Waals surface area contributed by atoms with Gasteiger partial charge in [0.05, 0.1) is 12.1 Å². The molecule has 0 bridgehead atoms. The van der Waals surface area contributed by atoms with Crippen molar-refractivity contribution < 1.29 is 9.90 Å². The zero-order valence-corrected chi connectivity index (χ0v) is 8.72. The molecule has 2 rings (SSSR count). The minimum atomic E-state index is -0.457. The molecule has 0 aliphatic carbocycles. The summed E-state index contributed by atoms with van der Waals surface area (Å²) in [7, 11) is 0. The summed E-state index contributed by atoms with van der Waals surface area (Å²) in [5.74, 6) is 0. The van der Waals surface area contributed by atoms with Gasteiger partial charge in [0.1, 0.15) is 0 Å². The molecule has 2 saturated heterocycles. The smallest absolute Gasteiger partial charge is 0.317 e. The van der Waals surface area contributed by atoms with E-state index < -0.39 is 6.10 Å². The third-order valence-electron chi connectivity index (χ3n) is 3.06. The summed E-state index contributed by atoms with van der Waals surface area (Å²) < 4.78 is 0. The summed E-state index contributed by atoms with van der Waals surface area (Å²) in [5, 5.41) is 12.3. The van der Waals surface area contributed by atoms with Crippen LogP contribution >= 0.6 is 0 Å². The van der Waals surface area contributed by atoms with Crippen molar-refractivity contribution in [1.29, 1.82) is 0 Å². The molecule has 86 valence electrons. The second-order valence-corrected chi connectivity index (χ2v) is 4.18. The Bertz CT molecular complexity index is 248. The molecule has 2 aliphatic rings. The van der Waals surface area contributed by atoms with Crippen molar-refractivity contribution >= 4 is 6.03 Å². The zero-order valence-electron chi connectivity index (χ0n) is 8.72. The van der Waals surface area contributed by atoms with Crippen molar-refractivity contribution in [3.8, 4) is 0 Å². The number of urea groups is 1. The number of aliphatic hydroxyl groups excluding tert-OH is 1. The summed E-state index contributed by atoms with van der Waals surface area (Å²) in [6, 6.07) is 0.301. The second kappa shape index (κ2) is 4.34. The van der Waals surface area contributed by atoms with Crippen molar-refractivity contribution in [2.45, 2.75) is 12.1 Å². The highest BCUT2D eigenvalue weighted by atomic mass is 16.3. The number of nitrogens with one attached hydrogen (secondary N) is 1. The Morgan fingerprint density at radius 3 is 3.13 bits per heavy atom. The number of hydrogen-bond acceptors (Lipinski definition) is 4. The number of β-amino-alcohol motifs (C(OH)–C–C–N with tert-alkyl or cyclic N) is 1. The monoisotopic (exact) mass is 214 g/mol. The SMILES string of the molecule is NCC(O)CN1CCN2C(=O)NCC2C1. The molecule has 2 aliphatic heterocycles. The lowest BCUT2D eigenvalue weighted by atomic mass is 10.2. The number of aliphatic hydroxyl groups is 1. The number of fused-ring (bicyclic) bond motifs is 1. The van der Waals surface area contributed by atoms with E-state index in [1.807, 2.05) is 4.90 Å². The molecule has 2 amide bonds. The largest absolute Gasteiger partial charge is 0.390 e. The van der Waals surface area contributed by atoms with E-state index in [1.54, 1.807) is 0 Å². The van der Waals surface area contributed by atoms with Crippen molar-refractivity contribution in [2.24, 2.45) is 5.73 Å². The van der Waals surface area contributed by atoms with Crippen LogP contribution in [-0.4, -0.2) is 72.4 Å². The van der Waals surface area contributed by atoms with Gasteiger partial charge in [0.25, 0.3) is 0 Å². The van der Waals surface area contributed by atoms with Gasteiger partial charge in [0.2, 0.25) is 0 Å². The highest BCUT2D eigenvalue weighted by molar-refractivity contribution is 5.77. The summed E-state index contributed by atoms with van der Waals surface area (Å²) in [4.78, 5) is 15.4. The van der Waals surface area contributed by atoms with E-state index in [-0.39, 0.29) is 12.1 Å². The van der Waals surface area contributed by atoms with Crippen LogP contribution in [0.5, 0.6) is 0 Å². The molecule has 0 aromatic rings. The van der Waals surface area contributed by atoms with Gasteiger partial charge in [0.15, 0.2) is 0 Å². The Balaban J connectivity index is 1.85. The summed E-state index contributed by atoms with van der Waals surface area (Å²) in [5.41, 5.74) is 5.36. The molecular weight excluding hydrogens is 196 g/mol. The van der Waals surface area contributed by atoms with E-state index >= 15 is 0 Å². The number of amides is 2. The number of nitrogens with two attached hydrogens (primary N) is 1. The zero-order chi connectivity index (χ0) is 10.8.